The van der Waals surface area contributed by atoms with Gasteiger partial charge in [-0.1, -0.05) is 11.6 Å². The number of fused-ring (bicyclic) bond motifs is 1. The van der Waals surface area contributed by atoms with Crippen molar-refractivity contribution in [2.45, 2.75) is 37.7 Å². The fraction of sp³-hybridized carbons (Fsp3) is 0.300. The average molecular weight is 390 g/mol. The lowest BCUT2D eigenvalue weighted by molar-refractivity contribution is -0.0582. The molecule has 1 N–H and O–H groups in total. The summed E-state index contributed by atoms with van der Waals surface area (Å²) in [4.78, 5) is 8.44. The number of pyridine rings is 2. The highest BCUT2D eigenvalue weighted by Crippen LogP contribution is 2.35. The summed E-state index contributed by atoms with van der Waals surface area (Å²) in [5.74, 6) is -1.17. The van der Waals surface area contributed by atoms with Gasteiger partial charge in [-0.2, -0.15) is 0 Å². The molecule has 0 aliphatic heterocycles. The van der Waals surface area contributed by atoms with Crippen molar-refractivity contribution in [2.75, 3.05) is 5.32 Å². The van der Waals surface area contributed by atoms with Gasteiger partial charge >= 0.3 is 0 Å². The van der Waals surface area contributed by atoms with Crippen LogP contribution in [0.2, 0.25) is 5.15 Å². The first kappa shape index (κ1) is 17.9. The highest BCUT2D eigenvalue weighted by molar-refractivity contribution is 6.29. The number of alkyl halides is 2. The third-order valence-electron chi connectivity index (χ3n) is 4.69. The van der Waals surface area contributed by atoms with Crippen LogP contribution in [-0.4, -0.2) is 22.0 Å². The van der Waals surface area contributed by atoms with E-state index < -0.39 is 5.92 Å². The summed E-state index contributed by atoms with van der Waals surface area (Å²) < 4.78 is 32.5. The molecule has 1 aliphatic carbocycles. The highest BCUT2D eigenvalue weighted by Gasteiger charge is 2.35. The molecule has 0 bridgehead atoms. The summed E-state index contributed by atoms with van der Waals surface area (Å²) >= 11 is 5.81. The van der Waals surface area contributed by atoms with Crippen LogP contribution in [0.3, 0.4) is 0 Å². The normalized spacial score (nSPS) is 17.0. The molecule has 4 rings (SSSR count). The molecule has 1 aliphatic rings. The maximum absolute atomic E-state index is 13.3. The zero-order valence-electron chi connectivity index (χ0n) is 14.5. The van der Waals surface area contributed by atoms with E-state index in [4.69, 9.17) is 16.3 Å². The van der Waals surface area contributed by atoms with E-state index in [-0.39, 0.29) is 18.9 Å². The van der Waals surface area contributed by atoms with Crippen LogP contribution in [0, 0.1) is 0 Å². The SMILES string of the molecule is FC1(F)CCC(Oc2ccc3c(Nc4ccc(Cl)nc4)nccc3c2)CC1. The smallest absolute Gasteiger partial charge is 0.248 e. The Morgan fingerprint density at radius 3 is 2.63 bits per heavy atom. The molecule has 0 spiro atoms. The van der Waals surface area contributed by atoms with Crippen molar-refractivity contribution in [3.63, 3.8) is 0 Å². The molecule has 0 saturated heterocycles. The van der Waals surface area contributed by atoms with E-state index in [9.17, 15) is 8.78 Å². The molecule has 1 fully saturated rings. The number of rotatable bonds is 4. The van der Waals surface area contributed by atoms with Gasteiger partial charge in [0, 0.05) is 24.4 Å². The van der Waals surface area contributed by atoms with E-state index in [0.29, 0.717) is 29.6 Å². The van der Waals surface area contributed by atoms with Crippen molar-refractivity contribution in [1.29, 1.82) is 0 Å². The number of aromatic nitrogens is 2. The number of ether oxygens (including phenoxy) is 1. The summed E-state index contributed by atoms with van der Waals surface area (Å²) in [6.07, 6.45) is 3.70. The van der Waals surface area contributed by atoms with Crippen molar-refractivity contribution < 1.29 is 13.5 Å². The number of halogens is 3. The van der Waals surface area contributed by atoms with Crippen LogP contribution in [0.5, 0.6) is 5.75 Å². The lowest BCUT2D eigenvalue weighted by atomic mass is 9.94. The molecular formula is C20H18ClF2N3O. The quantitative estimate of drug-likeness (QED) is 0.557. The molecule has 140 valence electrons. The Kier molecular flexibility index (Phi) is 4.83. The van der Waals surface area contributed by atoms with Crippen molar-refractivity contribution >= 4 is 33.9 Å². The molecule has 2 heterocycles. The Bertz CT molecular complexity index is 940. The van der Waals surface area contributed by atoms with E-state index >= 15 is 0 Å². The molecule has 0 unspecified atom stereocenters. The number of nitrogens with zero attached hydrogens (tertiary/aromatic N) is 2. The number of benzene rings is 1. The predicted octanol–water partition coefficient (Wildman–Crippen LogP) is 5.98. The first-order valence-corrected chi connectivity index (χ1v) is 9.18. The monoisotopic (exact) mass is 389 g/mol. The number of nitrogens with one attached hydrogen (secondary N) is 1. The Balaban J connectivity index is 1.52. The molecule has 1 saturated carbocycles. The van der Waals surface area contributed by atoms with E-state index in [1.54, 1.807) is 18.5 Å². The van der Waals surface area contributed by atoms with Gasteiger partial charge in [-0.25, -0.2) is 18.7 Å². The van der Waals surface area contributed by atoms with E-state index in [2.05, 4.69) is 15.3 Å². The minimum absolute atomic E-state index is 0.113. The summed E-state index contributed by atoms with van der Waals surface area (Å²) in [7, 11) is 0. The largest absolute Gasteiger partial charge is 0.490 e. The van der Waals surface area contributed by atoms with Gasteiger partial charge in [0.25, 0.3) is 0 Å². The van der Waals surface area contributed by atoms with Gasteiger partial charge in [0.15, 0.2) is 0 Å². The van der Waals surface area contributed by atoms with Crippen molar-refractivity contribution in [3.8, 4) is 5.75 Å². The van der Waals surface area contributed by atoms with Gasteiger partial charge in [0.2, 0.25) is 5.92 Å². The summed E-state index contributed by atoms with van der Waals surface area (Å²) in [6.45, 7) is 0. The fourth-order valence-corrected chi connectivity index (χ4v) is 3.35. The Hall–Kier alpha value is -2.47. The minimum atomic E-state index is -2.55. The zero-order chi connectivity index (χ0) is 18.9. The maximum atomic E-state index is 13.3. The summed E-state index contributed by atoms with van der Waals surface area (Å²) in [5.41, 5.74) is 0.780. The van der Waals surface area contributed by atoms with Gasteiger partial charge in [0.1, 0.15) is 16.7 Å². The second-order valence-corrected chi connectivity index (χ2v) is 7.10. The summed E-state index contributed by atoms with van der Waals surface area (Å²) in [6, 6.07) is 11.1. The van der Waals surface area contributed by atoms with Crippen LogP contribution < -0.4 is 10.1 Å². The molecular weight excluding hydrogens is 372 g/mol. The topological polar surface area (TPSA) is 47.0 Å². The zero-order valence-corrected chi connectivity index (χ0v) is 15.2. The van der Waals surface area contributed by atoms with Crippen LogP contribution >= 0.6 is 11.6 Å². The third kappa shape index (κ3) is 4.27. The van der Waals surface area contributed by atoms with Crippen molar-refractivity contribution in [1.82, 2.24) is 9.97 Å². The molecule has 4 nitrogen and oxygen atoms in total. The molecule has 2 aromatic heterocycles. The van der Waals surface area contributed by atoms with Gasteiger partial charge in [-0.15, -0.1) is 0 Å². The predicted molar refractivity (Wildman–Crippen MR) is 102 cm³/mol. The molecule has 1 aromatic carbocycles. The highest BCUT2D eigenvalue weighted by atomic mass is 35.5. The second kappa shape index (κ2) is 7.27. The van der Waals surface area contributed by atoms with Crippen LogP contribution in [0.4, 0.5) is 20.3 Å². The lowest BCUT2D eigenvalue weighted by Crippen LogP contribution is -2.30. The van der Waals surface area contributed by atoms with Gasteiger partial charge in [-0.05, 0) is 54.6 Å². The minimum Gasteiger partial charge on any atom is -0.490 e. The molecule has 0 amide bonds. The number of anilines is 2. The van der Waals surface area contributed by atoms with E-state index in [1.807, 2.05) is 30.3 Å². The van der Waals surface area contributed by atoms with Crippen LogP contribution in [0.25, 0.3) is 10.8 Å². The van der Waals surface area contributed by atoms with Crippen LogP contribution in [0.15, 0.2) is 48.8 Å². The molecule has 0 radical (unpaired) electrons. The van der Waals surface area contributed by atoms with Gasteiger partial charge < -0.3 is 10.1 Å². The first-order valence-electron chi connectivity index (χ1n) is 8.80. The number of hydrogen-bond donors (Lipinski definition) is 1. The Labute approximate surface area is 160 Å². The van der Waals surface area contributed by atoms with Crippen LogP contribution in [0.1, 0.15) is 25.7 Å². The molecule has 0 atom stereocenters. The number of hydrogen-bond acceptors (Lipinski definition) is 4. The van der Waals surface area contributed by atoms with Gasteiger partial charge in [-0.3, -0.25) is 0 Å². The lowest BCUT2D eigenvalue weighted by Gasteiger charge is -2.28. The van der Waals surface area contributed by atoms with Gasteiger partial charge in [0.05, 0.1) is 18.0 Å². The Morgan fingerprint density at radius 1 is 1.07 bits per heavy atom. The standard InChI is InChI=1S/C20H18ClF2N3O/c21-18-4-1-14(12-25-18)26-19-17-3-2-16(11-13(17)7-10-24-19)27-15-5-8-20(22,23)9-6-15/h1-4,7,10-12,15H,5-6,8-9H2,(H,24,26). The third-order valence-corrected chi connectivity index (χ3v) is 4.92. The second-order valence-electron chi connectivity index (χ2n) is 6.71. The van der Waals surface area contributed by atoms with Crippen molar-refractivity contribution in [3.05, 3.63) is 53.9 Å². The molecule has 7 heteroatoms. The van der Waals surface area contributed by atoms with Crippen LogP contribution in [-0.2, 0) is 0 Å². The first-order chi connectivity index (χ1) is 13.0. The summed E-state index contributed by atoms with van der Waals surface area (Å²) in [5, 5.41) is 5.53. The fourth-order valence-electron chi connectivity index (χ4n) is 3.24. The molecule has 3 aromatic rings. The average Bonchev–Trinajstić information content (AvgIpc) is 2.65. The molecule has 27 heavy (non-hydrogen) atoms. The maximum Gasteiger partial charge on any atom is 0.248 e. The van der Waals surface area contributed by atoms with E-state index in [0.717, 1.165) is 16.5 Å². The van der Waals surface area contributed by atoms with Crippen molar-refractivity contribution in [2.24, 2.45) is 0 Å². The Morgan fingerprint density at radius 2 is 1.89 bits per heavy atom. The van der Waals surface area contributed by atoms with E-state index in [1.165, 1.54) is 0 Å².